The van der Waals surface area contributed by atoms with Crippen LogP contribution in [0.4, 0.5) is 0 Å². The summed E-state index contributed by atoms with van der Waals surface area (Å²) >= 11 is 1.89. The van der Waals surface area contributed by atoms with Crippen molar-refractivity contribution in [1.29, 1.82) is 0 Å². The van der Waals surface area contributed by atoms with Crippen molar-refractivity contribution < 1.29 is 4.79 Å². The van der Waals surface area contributed by atoms with Crippen LogP contribution in [0.5, 0.6) is 0 Å². The Hall–Kier alpha value is -0.870. The first-order valence-electron chi connectivity index (χ1n) is 6.53. The first-order chi connectivity index (χ1) is 8.77. The first kappa shape index (κ1) is 12.2. The van der Waals surface area contributed by atoms with E-state index in [0.29, 0.717) is 5.78 Å². The number of hydrogen-bond donors (Lipinski definition) is 0. The lowest BCUT2D eigenvalue weighted by molar-refractivity contribution is -0.124. The first-order valence-corrected chi connectivity index (χ1v) is 7.68. The van der Waals surface area contributed by atoms with Crippen LogP contribution in [-0.4, -0.2) is 46.8 Å². The number of aryl methyl sites for hydroxylation is 1. The summed E-state index contributed by atoms with van der Waals surface area (Å²) in [6.07, 6.45) is 3.76. The van der Waals surface area contributed by atoms with E-state index in [4.69, 9.17) is 0 Å². The number of thioether (sulfide) groups is 1. The zero-order chi connectivity index (χ0) is 12.5. The van der Waals surface area contributed by atoms with Crippen LogP contribution in [0.25, 0.3) is 0 Å². The maximum absolute atomic E-state index is 12.7. The molecule has 2 heterocycles. The third kappa shape index (κ3) is 2.08. The minimum atomic E-state index is 0.0346. The molecule has 0 N–H and O–H groups in total. The van der Waals surface area contributed by atoms with Crippen molar-refractivity contribution in [3.8, 4) is 0 Å². The Morgan fingerprint density at radius 2 is 2.44 bits per heavy atom. The molecule has 2 unspecified atom stereocenters. The molecule has 0 amide bonds. The molecule has 96 valence electrons. The van der Waals surface area contributed by atoms with Crippen LogP contribution >= 0.6 is 11.8 Å². The molecule has 18 heavy (non-hydrogen) atoms. The highest BCUT2D eigenvalue weighted by Crippen LogP contribution is 2.34. The summed E-state index contributed by atoms with van der Waals surface area (Å²) in [6.45, 7) is 1.02. The number of Topliss-reactive ketones (excluding diaryl/α,β-unsaturated/α-hetero) is 1. The quantitative estimate of drug-likeness (QED) is 0.812. The van der Waals surface area contributed by atoms with Gasteiger partial charge in [0.25, 0.3) is 0 Å². The SMILES string of the molecule is CN1CCSCC1C(=O)C1CCc2cccnc21. The van der Waals surface area contributed by atoms with Crippen molar-refractivity contribution in [3.05, 3.63) is 29.6 Å². The predicted molar refractivity (Wildman–Crippen MR) is 74.0 cm³/mol. The van der Waals surface area contributed by atoms with Gasteiger partial charge in [0.05, 0.1) is 17.7 Å². The summed E-state index contributed by atoms with van der Waals surface area (Å²) in [4.78, 5) is 19.3. The highest BCUT2D eigenvalue weighted by molar-refractivity contribution is 7.99. The van der Waals surface area contributed by atoms with Gasteiger partial charge in [-0.3, -0.25) is 14.7 Å². The molecule has 0 spiro atoms. The molecule has 0 saturated carbocycles. The lowest BCUT2D eigenvalue weighted by Crippen LogP contribution is -2.46. The van der Waals surface area contributed by atoms with E-state index in [0.717, 1.165) is 36.6 Å². The van der Waals surface area contributed by atoms with E-state index < -0.39 is 0 Å². The molecule has 1 aliphatic carbocycles. The van der Waals surface area contributed by atoms with Crippen LogP contribution in [0.3, 0.4) is 0 Å². The summed E-state index contributed by atoms with van der Waals surface area (Å²) in [6, 6.07) is 4.16. The molecule has 0 radical (unpaired) electrons. The Morgan fingerprint density at radius 3 is 3.28 bits per heavy atom. The fourth-order valence-electron chi connectivity index (χ4n) is 2.91. The Kier molecular flexibility index (Phi) is 3.39. The average Bonchev–Trinajstić information content (AvgIpc) is 2.82. The predicted octanol–water partition coefficient (Wildman–Crippen LogP) is 1.73. The molecule has 0 aromatic carbocycles. The van der Waals surface area contributed by atoms with E-state index in [1.54, 1.807) is 0 Å². The Bertz CT molecular complexity index is 463. The number of rotatable bonds is 2. The minimum absolute atomic E-state index is 0.0346. The number of pyridine rings is 1. The molecular weight excluding hydrogens is 244 g/mol. The normalized spacial score (nSPS) is 28.1. The highest BCUT2D eigenvalue weighted by atomic mass is 32.2. The van der Waals surface area contributed by atoms with Gasteiger partial charge >= 0.3 is 0 Å². The van der Waals surface area contributed by atoms with E-state index in [1.165, 1.54) is 5.56 Å². The fourth-order valence-corrected chi connectivity index (χ4v) is 4.13. The van der Waals surface area contributed by atoms with Crippen LogP contribution in [0, 0.1) is 0 Å². The number of carbonyl (C=O) groups excluding carboxylic acids is 1. The molecular formula is C14H18N2OS. The second kappa shape index (κ2) is 5.02. The summed E-state index contributed by atoms with van der Waals surface area (Å²) in [5.41, 5.74) is 2.30. The van der Waals surface area contributed by atoms with Crippen molar-refractivity contribution in [2.75, 3.05) is 25.1 Å². The Balaban J connectivity index is 1.82. The van der Waals surface area contributed by atoms with Crippen LogP contribution < -0.4 is 0 Å². The van der Waals surface area contributed by atoms with Gasteiger partial charge in [-0.2, -0.15) is 11.8 Å². The van der Waals surface area contributed by atoms with E-state index in [1.807, 2.05) is 24.0 Å². The maximum Gasteiger partial charge on any atom is 0.159 e. The molecule has 2 aliphatic rings. The molecule has 1 aromatic heterocycles. The molecule has 2 atom stereocenters. The van der Waals surface area contributed by atoms with Gasteiger partial charge in [0.1, 0.15) is 0 Å². The van der Waals surface area contributed by atoms with Gasteiger partial charge < -0.3 is 0 Å². The van der Waals surface area contributed by atoms with Crippen molar-refractivity contribution >= 4 is 17.5 Å². The van der Waals surface area contributed by atoms with Gasteiger partial charge in [0.15, 0.2) is 5.78 Å². The molecule has 4 heteroatoms. The number of ketones is 1. The number of fused-ring (bicyclic) bond motifs is 1. The maximum atomic E-state index is 12.7. The standard InChI is InChI=1S/C14H18N2OS/c1-16-7-8-18-9-12(16)14(17)11-5-4-10-3-2-6-15-13(10)11/h2-3,6,11-12H,4-5,7-9H2,1H3. The topological polar surface area (TPSA) is 33.2 Å². The highest BCUT2D eigenvalue weighted by Gasteiger charge is 2.36. The van der Waals surface area contributed by atoms with Crippen molar-refractivity contribution in [2.45, 2.75) is 24.8 Å². The lowest BCUT2D eigenvalue weighted by Gasteiger charge is -2.32. The summed E-state index contributed by atoms with van der Waals surface area (Å²) in [5.74, 6) is 2.49. The second-order valence-corrected chi connectivity index (χ2v) is 6.26. The van der Waals surface area contributed by atoms with Crippen molar-refractivity contribution in [2.24, 2.45) is 0 Å². The van der Waals surface area contributed by atoms with Gasteiger partial charge in [0.2, 0.25) is 0 Å². The van der Waals surface area contributed by atoms with E-state index >= 15 is 0 Å². The zero-order valence-corrected chi connectivity index (χ0v) is 11.4. The Morgan fingerprint density at radius 1 is 1.56 bits per heavy atom. The van der Waals surface area contributed by atoms with Crippen LogP contribution in [0.1, 0.15) is 23.6 Å². The summed E-state index contributed by atoms with van der Waals surface area (Å²) in [5, 5.41) is 0. The smallest absolute Gasteiger partial charge is 0.159 e. The third-order valence-corrected chi connectivity index (χ3v) is 5.05. The van der Waals surface area contributed by atoms with Crippen molar-refractivity contribution in [1.82, 2.24) is 9.88 Å². The van der Waals surface area contributed by atoms with Gasteiger partial charge in [-0.15, -0.1) is 0 Å². The Labute approximate surface area is 112 Å². The zero-order valence-electron chi connectivity index (χ0n) is 10.6. The molecule has 3 nitrogen and oxygen atoms in total. The third-order valence-electron chi connectivity index (χ3n) is 4.03. The van der Waals surface area contributed by atoms with Gasteiger partial charge in [0, 0.05) is 24.2 Å². The molecule has 0 bridgehead atoms. The fraction of sp³-hybridized carbons (Fsp3) is 0.571. The molecule has 1 aliphatic heterocycles. The number of likely N-dealkylation sites (N-methyl/N-ethyl adjacent to an activating group) is 1. The number of nitrogens with zero attached hydrogens (tertiary/aromatic N) is 2. The molecule has 1 saturated heterocycles. The van der Waals surface area contributed by atoms with Gasteiger partial charge in [-0.25, -0.2) is 0 Å². The average molecular weight is 262 g/mol. The number of hydrogen-bond acceptors (Lipinski definition) is 4. The van der Waals surface area contributed by atoms with E-state index in [-0.39, 0.29) is 12.0 Å². The van der Waals surface area contributed by atoms with Crippen molar-refractivity contribution in [3.63, 3.8) is 0 Å². The molecule has 1 aromatic rings. The molecule has 1 fully saturated rings. The van der Waals surface area contributed by atoms with E-state index in [9.17, 15) is 4.79 Å². The minimum Gasteiger partial charge on any atom is -0.297 e. The van der Waals surface area contributed by atoms with Crippen LogP contribution in [0.2, 0.25) is 0 Å². The monoisotopic (exact) mass is 262 g/mol. The van der Waals surface area contributed by atoms with Gasteiger partial charge in [-0.05, 0) is 31.5 Å². The summed E-state index contributed by atoms with van der Waals surface area (Å²) < 4.78 is 0. The van der Waals surface area contributed by atoms with Crippen LogP contribution in [0.15, 0.2) is 18.3 Å². The number of carbonyl (C=O) groups is 1. The van der Waals surface area contributed by atoms with E-state index in [2.05, 4.69) is 23.0 Å². The number of aromatic nitrogens is 1. The van der Waals surface area contributed by atoms with Gasteiger partial charge in [-0.1, -0.05) is 6.07 Å². The lowest BCUT2D eigenvalue weighted by atomic mass is 9.95. The van der Waals surface area contributed by atoms with Crippen LogP contribution in [-0.2, 0) is 11.2 Å². The second-order valence-electron chi connectivity index (χ2n) is 5.11. The largest absolute Gasteiger partial charge is 0.297 e. The summed E-state index contributed by atoms with van der Waals surface area (Å²) in [7, 11) is 2.07. The molecule has 3 rings (SSSR count).